The predicted octanol–water partition coefficient (Wildman–Crippen LogP) is 4.81. The van der Waals surface area contributed by atoms with E-state index in [1.54, 1.807) is 0 Å². The zero-order valence-electron chi connectivity index (χ0n) is 23.8. The molecule has 0 aliphatic carbocycles. The van der Waals surface area contributed by atoms with Crippen molar-refractivity contribution in [3.05, 3.63) is 62.1 Å². The van der Waals surface area contributed by atoms with Gasteiger partial charge >= 0.3 is 29.8 Å². The van der Waals surface area contributed by atoms with Gasteiger partial charge in [0.25, 0.3) is 5.69 Å². The minimum absolute atomic E-state index is 0.0763. The van der Waals surface area contributed by atoms with Crippen molar-refractivity contribution < 1.29 is 62.1 Å². The molecule has 260 valence electrons. The average Bonchev–Trinajstić information content (AvgIpc) is 3.06. The standard InChI is InChI=1S/C27H21Cl6NO14/c28-7-19(35)42-11-18-23(45-20(36)8-29)24(46-21(37)9-30)25(47-22(38)10-31)27(44-18)48-26(39)14-6-13(2-3-16(14)34(40)41)43-17-4-1-12(32)5-15(17)33/h1-6,18,23-25,27H,7-11H2/t18-,23-,24+,25-,27+/m1/s1. The Morgan fingerprint density at radius 2 is 1.33 bits per heavy atom. The molecule has 48 heavy (non-hydrogen) atoms. The Hall–Kier alpha value is -3.31. The van der Waals surface area contributed by atoms with Crippen molar-refractivity contribution in [2.24, 2.45) is 0 Å². The van der Waals surface area contributed by atoms with Gasteiger partial charge in [0.2, 0.25) is 12.4 Å². The van der Waals surface area contributed by atoms with E-state index in [4.69, 9.17) is 103 Å². The van der Waals surface area contributed by atoms with E-state index in [-0.39, 0.29) is 16.5 Å². The second-order valence-electron chi connectivity index (χ2n) is 9.14. The number of rotatable bonds is 14. The Morgan fingerprint density at radius 3 is 1.90 bits per heavy atom. The third-order valence-corrected chi connectivity index (χ3v) is 7.37. The fraction of sp³-hybridized carbons (Fsp3) is 0.370. The summed E-state index contributed by atoms with van der Waals surface area (Å²) in [4.78, 5) is 73.3. The van der Waals surface area contributed by atoms with Crippen LogP contribution in [0, 0.1) is 10.1 Å². The van der Waals surface area contributed by atoms with Gasteiger partial charge < -0.3 is 33.2 Å². The summed E-state index contributed by atoms with van der Waals surface area (Å²) in [5.41, 5.74) is -1.45. The molecule has 1 aliphatic heterocycles. The number of nitrogens with zero attached hydrogens (tertiary/aromatic N) is 1. The van der Waals surface area contributed by atoms with E-state index in [1.165, 1.54) is 24.3 Å². The maximum absolute atomic E-state index is 13.6. The Bertz CT molecular complexity index is 1540. The molecule has 0 N–H and O–H groups in total. The third kappa shape index (κ3) is 10.6. The quantitative estimate of drug-likeness (QED) is 0.0832. The molecular weight excluding hydrogens is 775 g/mol. The first-order valence-electron chi connectivity index (χ1n) is 13.1. The molecule has 0 bridgehead atoms. The number of carbonyl (C=O) groups excluding carboxylic acids is 5. The van der Waals surface area contributed by atoms with Gasteiger partial charge in [-0.05, 0) is 24.3 Å². The van der Waals surface area contributed by atoms with Gasteiger partial charge in [-0.15, -0.1) is 46.4 Å². The van der Waals surface area contributed by atoms with Gasteiger partial charge in [0.15, 0.2) is 12.2 Å². The van der Waals surface area contributed by atoms with Crippen LogP contribution in [-0.4, -0.2) is 95.6 Å². The molecule has 3 rings (SSSR count). The first kappa shape index (κ1) is 39.1. The lowest BCUT2D eigenvalue weighted by Crippen LogP contribution is -2.63. The normalized spacial score (nSPS) is 20.2. The summed E-state index contributed by atoms with van der Waals surface area (Å²) in [6, 6.07) is 7.28. The van der Waals surface area contributed by atoms with Crippen molar-refractivity contribution in [3.63, 3.8) is 0 Å². The van der Waals surface area contributed by atoms with Crippen LogP contribution in [-0.2, 0) is 47.6 Å². The molecule has 1 fully saturated rings. The molecular formula is C27H21Cl6NO14. The smallest absolute Gasteiger partial charge is 0.347 e. The molecule has 2 aromatic rings. The molecule has 0 spiro atoms. The number of nitro benzene ring substituents is 1. The van der Waals surface area contributed by atoms with E-state index in [0.717, 1.165) is 12.1 Å². The Labute approximate surface area is 300 Å². The summed E-state index contributed by atoms with van der Waals surface area (Å²) in [6.45, 7) is -0.754. The number of hydrogen-bond acceptors (Lipinski definition) is 14. The molecule has 1 heterocycles. The number of ether oxygens (including phenoxy) is 7. The van der Waals surface area contributed by atoms with E-state index in [1.807, 2.05) is 0 Å². The third-order valence-electron chi connectivity index (χ3n) is 5.97. The van der Waals surface area contributed by atoms with Crippen molar-refractivity contribution in [1.29, 1.82) is 0 Å². The molecule has 2 aromatic carbocycles. The van der Waals surface area contributed by atoms with Crippen LogP contribution < -0.4 is 4.74 Å². The zero-order chi connectivity index (χ0) is 35.5. The van der Waals surface area contributed by atoms with Gasteiger partial charge in [-0.3, -0.25) is 29.3 Å². The van der Waals surface area contributed by atoms with Gasteiger partial charge in [0, 0.05) is 17.2 Å². The molecule has 0 aromatic heterocycles. The highest BCUT2D eigenvalue weighted by Crippen LogP contribution is 2.35. The maximum atomic E-state index is 13.6. The molecule has 0 radical (unpaired) electrons. The molecule has 1 saturated heterocycles. The lowest BCUT2D eigenvalue weighted by Gasteiger charge is -2.43. The van der Waals surface area contributed by atoms with E-state index < -0.39 is 107 Å². The lowest BCUT2D eigenvalue weighted by atomic mass is 9.98. The minimum atomic E-state index is -2.08. The molecule has 15 nitrogen and oxygen atoms in total. The first-order chi connectivity index (χ1) is 22.8. The zero-order valence-corrected chi connectivity index (χ0v) is 28.4. The van der Waals surface area contributed by atoms with E-state index in [2.05, 4.69) is 0 Å². The van der Waals surface area contributed by atoms with E-state index in [0.29, 0.717) is 5.02 Å². The molecule has 0 unspecified atom stereocenters. The minimum Gasteiger partial charge on any atom is -0.462 e. The number of nitro groups is 1. The van der Waals surface area contributed by atoms with E-state index >= 15 is 0 Å². The highest BCUT2D eigenvalue weighted by atomic mass is 35.5. The molecule has 0 saturated carbocycles. The monoisotopic (exact) mass is 793 g/mol. The summed E-state index contributed by atoms with van der Waals surface area (Å²) < 4.78 is 37.6. The molecule has 21 heteroatoms. The number of halogens is 6. The van der Waals surface area contributed by atoms with Crippen molar-refractivity contribution in [2.45, 2.75) is 30.7 Å². The predicted molar refractivity (Wildman–Crippen MR) is 167 cm³/mol. The van der Waals surface area contributed by atoms with Crippen LogP contribution in [0.5, 0.6) is 11.5 Å². The van der Waals surface area contributed by atoms with Crippen LogP contribution in [0.1, 0.15) is 10.4 Å². The number of hydrogen-bond donors (Lipinski definition) is 0. The van der Waals surface area contributed by atoms with Crippen LogP contribution in [0.15, 0.2) is 36.4 Å². The van der Waals surface area contributed by atoms with Crippen LogP contribution in [0.2, 0.25) is 10.0 Å². The summed E-state index contributed by atoms with van der Waals surface area (Å²) in [5.74, 6) is -8.67. The number of alkyl halides is 4. The highest BCUT2D eigenvalue weighted by Gasteiger charge is 2.54. The Balaban J connectivity index is 2.07. The average molecular weight is 796 g/mol. The van der Waals surface area contributed by atoms with Crippen molar-refractivity contribution in [3.8, 4) is 11.5 Å². The fourth-order valence-electron chi connectivity index (χ4n) is 4.03. The summed E-state index contributed by atoms with van der Waals surface area (Å²) in [6.07, 6.45) is -9.24. The number of benzene rings is 2. The molecule has 5 atom stereocenters. The summed E-state index contributed by atoms with van der Waals surface area (Å²) in [7, 11) is 0. The molecule has 1 aliphatic rings. The second kappa shape index (κ2) is 18.5. The van der Waals surface area contributed by atoms with Gasteiger partial charge in [-0.2, -0.15) is 0 Å². The SMILES string of the molecule is O=C(CCl)OC[C@H]1O[C@@H](OC(=O)c2cc(Oc3ccc(Cl)cc3Cl)ccc2[N+](=O)[O-])[C@H](OC(=O)CCl)[C@@H](OC(=O)CCl)[C@@H]1OC(=O)CCl. The fourth-order valence-corrected chi connectivity index (χ4v) is 4.74. The highest BCUT2D eigenvalue weighted by molar-refractivity contribution is 6.35. The Kier molecular flexibility index (Phi) is 15.0. The summed E-state index contributed by atoms with van der Waals surface area (Å²) >= 11 is 34.3. The van der Waals surface area contributed by atoms with Crippen molar-refractivity contribution in [2.75, 3.05) is 30.1 Å². The molecule has 0 amide bonds. The van der Waals surface area contributed by atoms with Crippen LogP contribution in [0.3, 0.4) is 0 Å². The summed E-state index contributed by atoms with van der Waals surface area (Å²) in [5, 5.41) is 12.2. The lowest BCUT2D eigenvalue weighted by molar-refractivity contribution is -0.385. The van der Waals surface area contributed by atoms with Gasteiger partial charge in [-0.25, -0.2) is 4.79 Å². The van der Waals surface area contributed by atoms with Gasteiger partial charge in [0.05, 0.1) is 9.95 Å². The van der Waals surface area contributed by atoms with Crippen molar-refractivity contribution in [1.82, 2.24) is 0 Å². The van der Waals surface area contributed by atoms with Gasteiger partial charge in [0.1, 0.15) is 53.3 Å². The van der Waals surface area contributed by atoms with Crippen LogP contribution >= 0.6 is 69.6 Å². The second-order valence-corrected chi connectivity index (χ2v) is 11.1. The topological polar surface area (TPSA) is 193 Å². The van der Waals surface area contributed by atoms with Crippen LogP contribution in [0.25, 0.3) is 0 Å². The largest absolute Gasteiger partial charge is 0.462 e. The van der Waals surface area contributed by atoms with Crippen LogP contribution in [0.4, 0.5) is 5.69 Å². The number of esters is 5. The Morgan fingerprint density at radius 1 is 0.750 bits per heavy atom. The van der Waals surface area contributed by atoms with E-state index in [9.17, 15) is 34.1 Å². The first-order valence-corrected chi connectivity index (χ1v) is 16.0. The van der Waals surface area contributed by atoms with Gasteiger partial charge in [-0.1, -0.05) is 23.2 Å². The van der Waals surface area contributed by atoms with Crippen molar-refractivity contribution >= 4 is 105 Å². The number of carbonyl (C=O) groups is 5. The maximum Gasteiger partial charge on any atom is 0.347 e.